The van der Waals surface area contributed by atoms with Crippen molar-refractivity contribution in [3.8, 4) is 0 Å². The third-order valence-corrected chi connectivity index (χ3v) is 5.74. The highest BCUT2D eigenvalue weighted by Gasteiger charge is 2.07. The molecule has 30 heavy (non-hydrogen) atoms. The van der Waals surface area contributed by atoms with Gasteiger partial charge in [-0.15, -0.1) is 0 Å². The van der Waals surface area contributed by atoms with Gasteiger partial charge in [0.1, 0.15) is 0 Å². The van der Waals surface area contributed by atoms with Gasteiger partial charge in [-0.05, 0) is 57.4 Å². The highest BCUT2D eigenvalue weighted by atomic mass is 35.5. The smallest absolute Gasteiger partial charge is 0.0737 e. The molecule has 0 fully saturated rings. The van der Waals surface area contributed by atoms with Crippen LogP contribution in [0.25, 0.3) is 32.4 Å². The molecule has 0 unspecified atom stereocenters. The van der Waals surface area contributed by atoms with Gasteiger partial charge in [-0.2, -0.15) is 0 Å². The normalized spacial score (nSPS) is 11.4. The van der Waals surface area contributed by atoms with E-state index in [1.165, 1.54) is 27.1 Å². The van der Waals surface area contributed by atoms with Gasteiger partial charge in [-0.1, -0.05) is 60.1 Å². The van der Waals surface area contributed by atoms with Crippen molar-refractivity contribution < 1.29 is 0 Å². The highest BCUT2D eigenvalue weighted by molar-refractivity contribution is 6.31. The number of hydrogen-bond acceptors (Lipinski definition) is 3. The molecule has 0 bridgehead atoms. The fourth-order valence-corrected chi connectivity index (χ4v) is 4.24. The average molecular weight is 412 g/mol. The molecule has 5 rings (SSSR count). The molecule has 1 heterocycles. The minimum absolute atomic E-state index is 0.705. The lowest BCUT2D eigenvalue weighted by molar-refractivity contribution is 0.713. The molecule has 0 aliphatic heterocycles. The fourth-order valence-electron chi connectivity index (χ4n) is 4.07. The summed E-state index contributed by atoms with van der Waals surface area (Å²) in [6.07, 6.45) is 1.82. The first-order chi connectivity index (χ1) is 14.8. The van der Waals surface area contributed by atoms with Crippen molar-refractivity contribution in [3.05, 3.63) is 95.6 Å². The van der Waals surface area contributed by atoms with Crippen molar-refractivity contribution in [1.29, 1.82) is 0 Å². The van der Waals surface area contributed by atoms with Gasteiger partial charge >= 0.3 is 0 Å². The molecule has 0 aliphatic carbocycles. The molecule has 0 radical (unpaired) electrons. The average Bonchev–Trinajstić information content (AvgIpc) is 2.78. The first kappa shape index (κ1) is 18.9. The van der Waals surface area contributed by atoms with Gasteiger partial charge in [0.2, 0.25) is 0 Å². The standard InChI is InChI=1S/C26H22ClN3/c27-20-9-10-23-25(11-12-29-26(23)16-20)30-14-13-28-17-24-21-7-3-1-5-18(21)15-19-6-2-4-8-22(19)24/h1-12,15-16,28H,13-14,17H2,(H,29,30). The van der Waals surface area contributed by atoms with E-state index in [0.29, 0.717) is 5.02 Å². The van der Waals surface area contributed by atoms with Crippen molar-refractivity contribution in [1.82, 2.24) is 10.3 Å². The van der Waals surface area contributed by atoms with Crippen LogP contribution in [0.2, 0.25) is 5.02 Å². The lowest BCUT2D eigenvalue weighted by Crippen LogP contribution is -2.22. The predicted molar refractivity (Wildman–Crippen MR) is 128 cm³/mol. The van der Waals surface area contributed by atoms with Gasteiger partial charge in [0, 0.05) is 41.9 Å². The molecule has 5 aromatic rings. The molecule has 0 saturated carbocycles. The summed E-state index contributed by atoms with van der Waals surface area (Å²) < 4.78 is 0. The lowest BCUT2D eigenvalue weighted by atomic mass is 9.97. The number of aromatic nitrogens is 1. The maximum Gasteiger partial charge on any atom is 0.0737 e. The summed E-state index contributed by atoms with van der Waals surface area (Å²) >= 11 is 6.09. The monoisotopic (exact) mass is 411 g/mol. The molecule has 2 N–H and O–H groups in total. The summed E-state index contributed by atoms with van der Waals surface area (Å²) in [5.74, 6) is 0. The van der Waals surface area contributed by atoms with Crippen LogP contribution < -0.4 is 10.6 Å². The quantitative estimate of drug-likeness (QED) is 0.251. The molecule has 1 aromatic heterocycles. The van der Waals surface area contributed by atoms with E-state index >= 15 is 0 Å². The Balaban J connectivity index is 1.30. The molecular weight excluding hydrogens is 390 g/mol. The summed E-state index contributed by atoms with van der Waals surface area (Å²) in [6, 6.07) is 27.3. The Bertz CT molecular complexity index is 1290. The maximum atomic E-state index is 6.09. The molecule has 148 valence electrons. The molecule has 3 nitrogen and oxygen atoms in total. The molecule has 0 aliphatic rings. The van der Waals surface area contributed by atoms with E-state index in [0.717, 1.165) is 36.2 Å². The Labute approximate surface area is 180 Å². The van der Waals surface area contributed by atoms with E-state index in [4.69, 9.17) is 11.6 Å². The van der Waals surface area contributed by atoms with Crippen LogP contribution in [0.4, 0.5) is 5.69 Å². The van der Waals surface area contributed by atoms with Gasteiger partial charge in [-0.25, -0.2) is 0 Å². The third kappa shape index (κ3) is 3.70. The van der Waals surface area contributed by atoms with Crippen LogP contribution in [0.3, 0.4) is 0 Å². The van der Waals surface area contributed by atoms with E-state index in [-0.39, 0.29) is 0 Å². The van der Waals surface area contributed by atoms with Crippen LogP contribution >= 0.6 is 11.6 Å². The van der Waals surface area contributed by atoms with Crippen LogP contribution in [-0.2, 0) is 6.54 Å². The predicted octanol–water partition coefficient (Wildman–Crippen LogP) is 6.40. The molecule has 0 spiro atoms. The van der Waals surface area contributed by atoms with Gasteiger partial charge in [-0.3, -0.25) is 4.98 Å². The fraction of sp³-hybridized carbons (Fsp3) is 0.115. The van der Waals surface area contributed by atoms with E-state index in [1.807, 2.05) is 30.5 Å². The van der Waals surface area contributed by atoms with Crippen molar-refractivity contribution in [2.75, 3.05) is 18.4 Å². The Morgan fingerprint density at radius 3 is 2.23 bits per heavy atom. The molecule has 4 aromatic carbocycles. The second-order valence-corrected chi connectivity index (χ2v) is 7.86. The maximum absolute atomic E-state index is 6.09. The Morgan fingerprint density at radius 2 is 1.47 bits per heavy atom. The van der Waals surface area contributed by atoms with E-state index in [1.54, 1.807) is 0 Å². The molecular formula is C26H22ClN3. The first-order valence-electron chi connectivity index (χ1n) is 10.2. The number of nitrogens with zero attached hydrogens (tertiary/aromatic N) is 1. The Morgan fingerprint density at radius 1 is 0.733 bits per heavy atom. The minimum Gasteiger partial charge on any atom is -0.383 e. The van der Waals surface area contributed by atoms with Crippen LogP contribution in [0.5, 0.6) is 0 Å². The zero-order valence-corrected chi connectivity index (χ0v) is 17.3. The summed E-state index contributed by atoms with van der Waals surface area (Å²) in [5.41, 5.74) is 3.34. The minimum atomic E-state index is 0.705. The number of benzene rings is 4. The van der Waals surface area contributed by atoms with Gasteiger partial charge in [0.05, 0.1) is 5.52 Å². The number of fused-ring (bicyclic) bond motifs is 3. The van der Waals surface area contributed by atoms with Gasteiger partial charge in [0.15, 0.2) is 0 Å². The zero-order chi connectivity index (χ0) is 20.3. The second-order valence-electron chi connectivity index (χ2n) is 7.42. The van der Waals surface area contributed by atoms with Crippen molar-refractivity contribution >= 4 is 49.7 Å². The van der Waals surface area contributed by atoms with Gasteiger partial charge in [0.25, 0.3) is 0 Å². The molecule has 4 heteroatoms. The summed E-state index contributed by atoms with van der Waals surface area (Å²) in [5, 5.41) is 14.1. The largest absolute Gasteiger partial charge is 0.383 e. The zero-order valence-electron chi connectivity index (χ0n) is 16.5. The number of anilines is 1. The molecule has 0 saturated heterocycles. The topological polar surface area (TPSA) is 37.0 Å². The number of nitrogens with one attached hydrogen (secondary N) is 2. The summed E-state index contributed by atoms with van der Waals surface area (Å²) in [6.45, 7) is 2.51. The summed E-state index contributed by atoms with van der Waals surface area (Å²) in [4.78, 5) is 4.40. The van der Waals surface area contributed by atoms with E-state index < -0.39 is 0 Å². The molecule has 0 atom stereocenters. The van der Waals surface area contributed by atoms with Crippen molar-refractivity contribution in [2.24, 2.45) is 0 Å². The Kier molecular flexibility index (Phi) is 5.22. The Hall–Kier alpha value is -3.14. The van der Waals surface area contributed by atoms with Crippen LogP contribution in [0, 0.1) is 0 Å². The number of rotatable bonds is 6. The number of pyridine rings is 1. The van der Waals surface area contributed by atoms with E-state index in [9.17, 15) is 0 Å². The second kappa shape index (κ2) is 8.31. The van der Waals surface area contributed by atoms with Crippen LogP contribution in [-0.4, -0.2) is 18.1 Å². The number of halogens is 1. The highest BCUT2D eigenvalue weighted by Crippen LogP contribution is 2.28. The molecule has 0 amide bonds. The lowest BCUT2D eigenvalue weighted by Gasteiger charge is -2.14. The SMILES string of the molecule is Clc1ccc2c(NCCNCc3c4ccccc4cc4ccccc34)ccnc2c1. The van der Waals surface area contributed by atoms with E-state index in [2.05, 4.69) is 70.2 Å². The first-order valence-corrected chi connectivity index (χ1v) is 10.6. The van der Waals surface area contributed by atoms with Crippen molar-refractivity contribution in [3.63, 3.8) is 0 Å². The third-order valence-electron chi connectivity index (χ3n) is 5.51. The van der Waals surface area contributed by atoms with Crippen molar-refractivity contribution in [2.45, 2.75) is 6.54 Å². The van der Waals surface area contributed by atoms with Crippen LogP contribution in [0.1, 0.15) is 5.56 Å². The van der Waals surface area contributed by atoms with Crippen LogP contribution in [0.15, 0.2) is 85.1 Å². The summed E-state index contributed by atoms with van der Waals surface area (Å²) in [7, 11) is 0. The number of hydrogen-bond donors (Lipinski definition) is 2. The van der Waals surface area contributed by atoms with Gasteiger partial charge < -0.3 is 10.6 Å².